The number of hydrogen-bond acceptors (Lipinski definition) is 3. The highest BCUT2D eigenvalue weighted by atomic mass is 79.9. The molecule has 142 valence electrons. The molecule has 1 N–H and O–H groups in total. The molecule has 1 aliphatic rings. The monoisotopic (exact) mass is 439 g/mol. The maximum Gasteiger partial charge on any atom is 0.410 e. The zero-order chi connectivity index (χ0) is 18.2. The van der Waals surface area contributed by atoms with E-state index in [1.807, 2.05) is 33.0 Å². The Kier molecular flexibility index (Phi) is 6.45. The van der Waals surface area contributed by atoms with Crippen LogP contribution in [-0.2, 0) is 4.74 Å². The lowest BCUT2D eigenvalue weighted by molar-refractivity contribution is 0.0219. The highest BCUT2D eigenvalue weighted by molar-refractivity contribution is 9.10. The summed E-state index contributed by atoms with van der Waals surface area (Å²) in [5.41, 5.74) is 2.72. The van der Waals surface area contributed by atoms with E-state index in [2.05, 4.69) is 45.0 Å². The number of halogens is 1. The number of benzene rings is 1. The molecule has 0 saturated carbocycles. The van der Waals surface area contributed by atoms with Gasteiger partial charge in [0.2, 0.25) is 0 Å². The van der Waals surface area contributed by atoms with Crippen molar-refractivity contribution < 1.29 is 9.53 Å². The number of likely N-dealkylation sites (tertiary alicyclic amines) is 1. The van der Waals surface area contributed by atoms with Gasteiger partial charge in [-0.2, -0.15) is 13.5 Å². The van der Waals surface area contributed by atoms with Crippen molar-refractivity contribution in [3.05, 3.63) is 40.3 Å². The van der Waals surface area contributed by atoms with Crippen LogP contribution < -0.4 is 0 Å². The van der Waals surface area contributed by atoms with Crippen molar-refractivity contribution in [3.63, 3.8) is 0 Å². The van der Waals surface area contributed by atoms with Crippen LogP contribution in [0.1, 0.15) is 51.0 Å². The number of carbonyl (C=O) groups is 1. The van der Waals surface area contributed by atoms with Crippen LogP contribution in [0.2, 0.25) is 0 Å². The fraction of sp³-hybridized carbons (Fsp3) is 0.474. The van der Waals surface area contributed by atoms with Crippen LogP contribution in [0.25, 0.3) is 11.3 Å². The first-order valence-corrected chi connectivity index (χ1v) is 9.35. The third-order valence-corrected chi connectivity index (χ3v) is 5.15. The van der Waals surface area contributed by atoms with E-state index < -0.39 is 5.60 Å². The minimum absolute atomic E-state index is 0. The third kappa shape index (κ3) is 4.62. The average Bonchev–Trinajstić information content (AvgIpc) is 3.16. The normalized spacial score (nSPS) is 17.1. The Morgan fingerprint density at radius 2 is 2.12 bits per heavy atom. The van der Waals surface area contributed by atoms with Crippen molar-refractivity contribution in [2.45, 2.75) is 52.2 Å². The smallest absolute Gasteiger partial charge is 0.410 e. The number of hydrogen-bond donors (Lipinski definition) is 1. The Balaban J connectivity index is 0.00000243. The van der Waals surface area contributed by atoms with Gasteiger partial charge in [0.15, 0.2) is 0 Å². The lowest BCUT2D eigenvalue weighted by Crippen LogP contribution is -2.36. The number of aryl methyl sites for hydroxylation is 1. The standard InChI is InChI=1S/C19H24BrN3O2.H2S/c1-12-10-13(7-8-14(12)20)15-11-21-17(22-15)16-6-5-9-23(16)18(24)25-19(2,3)4;/h7-8,10-11,16H,5-6,9H2,1-4H3,(H,21,22);1H2/t16-;/m0./s1. The van der Waals surface area contributed by atoms with Gasteiger partial charge in [-0.3, -0.25) is 4.90 Å². The molecule has 0 bridgehead atoms. The van der Waals surface area contributed by atoms with Gasteiger partial charge in [-0.1, -0.05) is 22.0 Å². The zero-order valence-electron chi connectivity index (χ0n) is 15.6. The summed E-state index contributed by atoms with van der Waals surface area (Å²) in [4.78, 5) is 22.2. The Morgan fingerprint density at radius 1 is 1.38 bits per heavy atom. The van der Waals surface area contributed by atoms with E-state index in [0.29, 0.717) is 6.54 Å². The van der Waals surface area contributed by atoms with E-state index in [4.69, 9.17) is 4.74 Å². The van der Waals surface area contributed by atoms with Crippen LogP contribution >= 0.6 is 29.4 Å². The van der Waals surface area contributed by atoms with E-state index >= 15 is 0 Å². The summed E-state index contributed by atoms with van der Waals surface area (Å²) in [6.07, 6.45) is 3.42. The first-order chi connectivity index (χ1) is 11.7. The maximum absolute atomic E-state index is 12.5. The summed E-state index contributed by atoms with van der Waals surface area (Å²) in [6, 6.07) is 6.14. The van der Waals surface area contributed by atoms with Gasteiger partial charge in [-0.15, -0.1) is 0 Å². The Morgan fingerprint density at radius 3 is 2.77 bits per heavy atom. The highest BCUT2D eigenvalue weighted by Gasteiger charge is 2.34. The lowest BCUT2D eigenvalue weighted by Gasteiger charge is -2.27. The summed E-state index contributed by atoms with van der Waals surface area (Å²) in [5, 5.41) is 0. The average molecular weight is 440 g/mol. The van der Waals surface area contributed by atoms with Crippen LogP contribution in [0.3, 0.4) is 0 Å². The minimum Gasteiger partial charge on any atom is -0.444 e. The first kappa shape index (κ1) is 20.8. The van der Waals surface area contributed by atoms with Crippen molar-refractivity contribution in [1.29, 1.82) is 0 Å². The fourth-order valence-electron chi connectivity index (χ4n) is 3.05. The predicted octanol–water partition coefficient (Wildman–Crippen LogP) is 5.33. The molecule has 1 aromatic heterocycles. The summed E-state index contributed by atoms with van der Waals surface area (Å²) in [6.45, 7) is 8.42. The molecule has 1 amide bonds. The van der Waals surface area contributed by atoms with Crippen molar-refractivity contribution in [3.8, 4) is 11.3 Å². The number of rotatable bonds is 2. The molecule has 1 atom stereocenters. The SMILES string of the molecule is Cc1cc(-c2cnc([C@@H]3CCCN3C(=O)OC(C)(C)C)[nH]2)ccc1Br.S. The molecule has 5 nitrogen and oxygen atoms in total. The topological polar surface area (TPSA) is 58.2 Å². The second-order valence-corrected chi connectivity index (χ2v) is 8.33. The molecule has 0 aliphatic carbocycles. The van der Waals surface area contributed by atoms with Gasteiger partial charge < -0.3 is 9.72 Å². The first-order valence-electron chi connectivity index (χ1n) is 8.55. The summed E-state index contributed by atoms with van der Waals surface area (Å²) < 4.78 is 6.62. The molecule has 1 aromatic carbocycles. The second kappa shape index (κ2) is 8.05. The summed E-state index contributed by atoms with van der Waals surface area (Å²) in [5.74, 6) is 0.818. The van der Waals surface area contributed by atoms with Crippen LogP contribution in [0.15, 0.2) is 28.9 Å². The van der Waals surface area contributed by atoms with Crippen molar-refractivity contribution >= 4 is 35.5 Å². The molecular formula is C19H26BrN3O2S. The molecule has 7 heteroatoms. The molecular weight excluding hydrogens is 414 g/mol. The largest absolute Gasteiger partial charge is 0.444 e. The van der Waals surface area contributed by atoms with Crippen molar-refractivity contribution in [2.24, 2.45) is 0 Å². The van der Waals surface area contributed by atoms with Gasteiger partial charge in [0.05, 0.1) is 17.9 Å². The van der Waals surface area contributed by atoms with Gasteiger partial charge in [0, 0.05) is 11.0 Å². The molecule has 1 saturated heterocycles. The van der Waals surface area contributed by atoms with Crippen LogP contribution in [-0.4, -0.2) is 33.1 Å². The number of nitrogens with one attached hydrogen (secondary N) is 1. The minimum atomic E-state index is -0.493. The summed E-state index contributed by atoms with van der Waals surface area (Å²) >= 11 is 3.52. The second-order valence-electron chi connectivity index (χ2n) is 7.48. The van der Waals surface area contributed by atoms with Crippen LogP contribution in [0.4, 0.5) is 4.79 Å². The Hall–Kier alpha value is -1.47. The van der Waals surface area contributed by atoms with Gasteiger partial charge in [-0.05, 0) is 63.8 Å². The highest BCUT2D eigenvalue weighted by Crippen LogP contribution is 2.33. The Labute approximate surface area is 170 Å². The number of ether oxygens (including phenoxy) is 1. The Bertz CT molecular complexity index is 785. The van der Waals surface area contributed by atoms with E-state index in [9.17, 15) is 4.79 Å². The molecule has 2 heterocycles. The van der Waals surface area contributed by atoms with E-state index in [1.165, 1.54) is 5.56 Å². The van der Waals surface area contributed by atoms with Gasteiger partial charge in [-0.25, -0.2) is 9.78 Å². The molecule has 26 heavy (non-hydrogen) atoms. The maximum atomic E-state index is 12.5. The van der Waals surface area contributed by atoms with E-state index in [1.54, 1.807) is 4.90 Å². The predicted molar refractivity (Wildman–Crippen MR) is 112 cm³/mol. The van der Waals surface area contributed by atoms with E-state index in [0.717, 1.165) is 34.4 Å². The van der Waals surface area contributed by atoms with Gasteiger partial charge >= 0.3 is 6.09 Å². The number of aromatic amines is 1. The summed E-state index contributed by atoms with van der Waals surface area (Å²) in [7, 11) is 0. The fourth-order valence-corrected chi connectivity index (χ4v) is 3.30. The number of nitrogens with zero attached hydrogens (tertiary/aromatic N) is 2. The zero-order valence-corrected chi connectivity index (χ0v) is 18.2. The van der Waals surface area contributed by atoms with Crippen LogP contribution in [0.5, 0.6) is 0 Å². The molecule has 2 aromatic rings. The lowest BCUT2D eigenvalue weighted by atomic mass is 10.1. The van der Waals surface area contributed by atoms with E-state index in [-0.39, 0.29) is 25.6 Å². The molecule has 1 fully saturated rings. The molecule has 3 rings (SSSR count). The van der Waals surface area contributed by atoms with Crippen LogP contribution in [0, 0.1) is 6.92 Å². The number of aromatic nitrogens is 2. The molecule has 0 spiro atoms. The number of imidazole rings is 1. The van der Waals surface area contributed by atoms with Gasteiger partial charge in [0.1, 0.15) is 11.4 Å². The van der Waals surface area contributed by atoms with Crippen molar-refractivity contribution in [1.82, 2.24) is 14.9 Å². The number of amides is 1. The third-order valence-electron chi connectivity index (χ3n) is 4.26. The molecule has 1 aliphatic heterocycles. The van der Waals surface area contributed by atoms with Gasteiger partial charge in [0.25, 0.3) is 0 Å². The quantitative estimate of drug-likeness (QED) is 0.687. The molecule has 0 unspecified atom stereocenters. The number of H-pyrrole nitrogens is 1. The number of carbonyl (C=O) groups excluding carboxylic acids is 1. The van der Waals surface area contributed by atoms with Crippen molar-refractivity contribution in [2.75, 3.05) is 6.54 Å². The molecule has 0 radical (unpaired) electrons.